The molecular formula is C12H21N3O2. The summed E-state index contributed by atoms with van der Waals surface area (Å²) in [5, 5.41) is 16.2. The molecule has 0 radical (unpaired) electrons. The number of aryl methyl sites for hydroxylation is 2. The van der Waals surface area contributed by atoms with Gasteiger partial charge in [-0.05, 0) is 40.7 Å². The van der Waals surface area contributed by atoms with Gasteiger partial charge in [0.2, 0.25) is 5.91 Å². The molecule has 1 unspecified atom stereocenters. The highest BCUT2D eigenvalue weighted by Crippen LogP contribution is 2.12. The molecule has 1 aromatic rings. The van der Waals surface area contributed by atoms with Crippen LogP contribution in [-0.2, 0) is 4.79 Å². The Bertz CT molecular complexity index is 410. The molecule has 96 valence electrons. The summed E-state index contributed by atoms with van der Waals surface area (Å²) in [5.41, 5.74) is 1.23. The largest absolute Gasteiger partial charge is 0.394 e. The lowest BCUT2D eigenvalue weighted by Gasteiger charge is -2.26. The summed E-state index contributed by atoms with van der Waals surface area (Å²) in [6, 6.07) is 1.55. The highest BCUT2D eigenvalue weighted by Gasteiger charge is 2.24. The molecule has 5 nitrogen and oxygen atoms in total. The fourth-order valence-electron chi connectivity index (χ4n) is 1.63. The molecule has 1 atom stereocenters. The second kappa shape index (κ2) is 4.87. The first-order valence-electron chi connectivity index (χ1n) is 5.72. The minimum absolute atomic E-state index is 0.0947. The van der Waals surface area contributed by atoms with Crippen LogP contribution in [0.25, 0.3) is 0 Å². The standard InChI is InChI=1S/C12H21N3O2/c1-8-6-9(2)15(14-8)10(3)11(17)13-12(4,5)7-16/h6,10,16H,7H2,1-5H3,(H,13,17). The Hall–Kier alpha value is -1.36. The molecule has 0 bridgehead atoms. The number of aliphatic hydroxyl groups excluding tert-OH is 1. The SMILES string of the molecule is Cc1cc(C)n(C(C)C(=O)NC(C)(C)CO)n1. The van der Waals surface area contributed by atoms with Crippen molar-refractivity contribution in [3.8, 4) is 0 Å². The van der Waals surface area contributed by atoms with Gasteiger partial charge in [-0.15, -0.1) is 0 Å². The van der Waals surface area contributed by atoms with Gasteiger partial charge in [0.05, 0.1) is 17.8 Å². The normalized spacial score (nSPS) is 13.5. The van der Waals surface area contributed by atoms with Gasteiger partial charge in [0, 0.05) is 5.69 Å². The minimum atomic E-state index is -0.610. The molecule has 0 saturated heterocycles. The summed E-state index contributed by atoms with van der Waals surface area (Å²) in [6.07, 6.45) is 0. The molecule has 2 N–H and O–H groups in total. The number of nitrogens with one attached hydrogen (secondary N) is 1. The van der Waals surface area contributed by atoms with Gasteiger partial charge in [0.25, 0.3) is 0 Å². The van der Waals surface area contributed by atoms with Crippen LogP contribution in [0.2, 0.25) is 0 Å². The smallest absolute Gasteiger partial charge is 0.245 e. The van der Waals surface area contributed by atoms with Gasteiger partial charge in [-0.2, -0.15) is 5.10 Å². The Labute approximate surface area is 102 Å². The number of nitrogens with zero attached hydrogens (tertiary/aromatic N) is 2. The molecule has 0 aromatic carbocycles. The molecule has 0 saturated carbocycles. The minimum Gasteiger partial charge on any atom is -0.394 e. The van der Waals surface area contributed by atoms with Gasteiger partial charge in [0.1, 0.15) is 6.04 Å². The van der Waals surface area contributed by atoms with Crippen molar-refractivity contribution in [2.45, 2.75) is 46.2 Å². The fourth-order valence-corrected chi connectivity index (χ4v) is 1.63. The molecule has 1 aromatic heterocycles. The molecular weight excluding hydrogens is 218 g/mol. The van der Waals surface area contributed by atoms with Crippen LogP contribution in [0.4, 0.5) is 0 Å². The molecule has 0 aliphatic heterocycles. The van der Waals surface area contributed by atoms with E-state index in [2.05, 4.69) is 10.4 Å². The number of aliphatic hydroxyl groups is 1. The highest BCUT2D eigenvalue weighted by molar-refractivity contribution is 5.80. The van der Waals surface area contributed by atoms with Crippen LogP contribution >= 0.6 is 0 Å². The maximum absolute atomic E-state index is 12.0. The summed E-state index contributed by atoms with van der Waals surface area (Å²) in [4.78, 5) is 12.0. The summed E-state index contributed by atoms with van der Waals surface area (Å²) < 4.78 is 1.69. The monoisotopic (exact) mass is 239 g/mol. The van der Waals surface area contributed by atoms with Gasteiger partial charge < -0.3 is 10.4 Å². The van der Waals surface area contributed by atoms with Crippen LogP contribution < -0.4 is 5.32 Å². The first kappa shape index (κ1) is 13.7. The number of hydrogen-bond acceptors (Lipinski definition) is 3. The molecule has 5 heteroatoms. The zero-order chi connectivity index (χ0) is 13.2. The van der Waals surface area contributed by atoms with E-state index in [-0.39, 0.29) is 18.6 Å². The maximum Gasteiger partial charge on any atom is 0.245 e. The average Bonchev–Trinajstić information content (AvgIpc) is 2.56. The zero-order valence-electron chi connectivity index (χ0n) is 11.1. The number of hydrogen-bond donors (Lipinski definition) is 2. The van der Waals surface area contributed by atoms with Gasteiger partial charge in [-0.3, -0.25) is 9.48 Å². The van der Waals surface area contributed by atoms with Gasteiger partial charge in [0.15, 0.2) is 0 Å². The van der Waals surface area contributed by atoms with Crippen molar-refractivity contribution >= 4 is 5.91 Å². The number of rotatable bonds is 4. The number of carbonyl (C=O) groups is 1. The number of carbonyl (C=O) groups excluding carboxylic acids is 1. The van der Waals surface area contributed by atoms with E-state index in [9.17, 15) is 4.79 Å². The molecule has 0 aliphatic rings. The van der Waals surface area contributed by atoms with Crippen molar-refractivity contribution in [3.63, 3.8) is 0 Å². The third-order valence-corrected chi connectivity index (χ3v) is 2.65. The van der Waals surface area contributed by atoms with Crippen molar-refractivity contribution < 1.29 is 9.90 Å². The first-order valence-corrected chi connectivity index (χ1v) is 5.72. The van der Waals surface area contributed by atoms with Crippen molar-refractivity contribution in [2.24, 2.45) is 0 Å². The van der Waals surface area contributed by atoms with E-state index in [0.29, 0.717) is 0 Å². The summed E-state index contributed by atoms with van der Waals surface area (Å²) >= 11 is 0. The van der Waals surface area contributed by atoms with E-state index >= 15 is 0 Å². The lowest BCUT2D eigenvalue weighted by atomic mass is 10.1. The van der Waals surface area contributed by atoms with Crippen molar-refractivity contribution in [2.75, 3.05) is 6.61 Å². The zero-order valence-corrected chi connectivity index (χ0v) is 11.1. The second-order valence-electron chi connectivity index (χ2n) is 5.08. The second-order valence-corrected chi connectivity index (χ2v) is 5.08. The Balaban J connectivity index is 2.80. The Morgan fingerprint density at radius 2 is 2.18 bits per heavy atom. The van der Waals surface area contributed by atoms with Crippen molar-refractivity contribution in [3.05, 3.63) is 17.5 Å². The Kier molecular flexibility index (Phi) is 3.93. The number of aromatic nitrogens is 2. The molecule has 1 heterocycles. The van der Waals surface area contributed by atoms with Gasteiger partial charge in [-0.25, -0.2) is 0 Å². The van der Waals surface area contributed by atoms with E-state index < -0.39 is 5.54 Å². The van der Waals surface area contributed by atoms with Crippen LogP contribution in [0.5, 0.6) is 0 Å². The van der Waals surface area contributed by atoms with Crippen LogP contribution in [0.1, 0.15) is 38.2 Å². The molecule has 0 aliphatic carbocycles. The predicted octanol–water partition coefficient (Wildman–Crippen LogP) is 0.948. The lowest BCUT2D eigenvalue weighted by molar-refractivity contribution is -0.126. The number of amides is 1. The van der Waals surface area contributed by atoms with Crippen LogP contribution in [-0.4, -0.2) is 32.9 Å². The fraction of sp³-hybridized carbons (Fsp3) is 0.667. The van der Waals surface area contributed by atoms with Crippen molar-refractivity contribution in [1.29, 1.82) is 0 Å². The van der Waals surface area contributed by atoms with Crippen molar-refractivity contribution in [1.82, 2.24) is 15.1 Å². The average molecular weight is 239 g/mol. The van der Waals surface area contributed by atoms with Crippen LogP contribution in [0, 0.1) is 13.8 Å². The molecule has 17 heavy (non-hydrogen) atoms. The van der Waals surface area contributed by atoms with E-state index in [1.54, 1.807) is 25.5 Å². The Morgan fingerprint density at radius 3 is 2.59 bits per heavy atom. The Morgan fingerprint density at radius 1 is 1.59 bits per heavy atom. The quantitative estimate of drug-likeness (QED) is 0.822. The van der Waals surface area contributed by atoms with E-state index in [4.69, 9.17) is 5.11 Å². The third-order valence-electron chi connectivity index (χ3n) is 2.65. The summed E-state index contributed by atoms with van der Waals surface area (Å²) in [6.45, 7) is 9.06. The van der Waals surface area contributed by atoms with E-state index in [1.165, 1.54) is 0 Å². The first-order chi connectivity index (χ1) is 7.76. The molecule has 0 fully saturated rings. The summed E-state index contributed by atoms with van der Waals surface area (Å²) in [7, 11) is 0. The molecule has 1 amide bonds. The predicted molar refractivity (Wildman–Crippen MR) is 65.7 cm³/mol. The van der Waals surface area contributed by atoms with E-state index in [1.807, 2.05) is 19.9 Å². The topological polar surface area (TPSA) is 67.2 Å². The van der Waals surface area contributed by atoms with Gasteiger partial charge in [-0.1, -0.05) is 0 Å². The van der Waals surface area contributed by atoms with Crippen LogP contribution in [0.3, 0.4) is 0 Å². The van der Waals surface area contributed by atoms with E-state index in [0.717, 1.165) is 11.4 Å². The van der Waals surface area contributed by atoms with Gasteiger partial charge >= 0.3 is 0 Å². The van der Waals surface area contributed by atoms with Crippen LogP contribution in [0.15, 0.2) is 6.07 Å². The maximum atomic E-state index is 12.0. The highest BCUT2D eigenvalue weighted by atomic mass is 16.3. The third kappa shape index (κ3) is 3.30. The molecule has 0 spiro atoms. The molecule has 1 rings (SSSR count). The summed E-state index contributed by atoms with van der Waals surface area (Å²) in [5.74, 6) is -0.143. The lowest BCUT2D eigenvalue weighted by Crippen LogP contribution is -2.48.